The number of hydrogen-bond donors (Lipinski definition) is 1. The molecule has 6 aliphatic rings. The van der Waals surface area contributed by atoms with Crippen LogP contribution in [0.1, 0.15) is 112 Å². The molecule has 0 aromatic carbocycles. The molecule has 6 aliphatic carbocycles. The number of rotatable bonds is 4. The Kier molecular flexibility index (Phi) is 5.92. The van der Waals surface area contributed by atoms with Gasteiger partial charge in [-0.05, 0) is 122 Å². The van der Waals surface area contributed by atoms with E-state index in [0.29, 0.717) is 42.7 Å². The molecule has 0 heterocycles. The minimum atomic E-state index is -0.617. The quantitative estimate of drug-likeness (QED) is 0.282. The largest absolute Gasteiger partial charge is 0.467 e. The van der Waals surface area contributed by atoms with Crippen LogP contribution in [0, 0.1) is 62.1 Å². The third-order valence-electron chi connectivity index (χ3n) is 15.1. The molecule has 11 atom stereocenters. The molecule has 6 rings (SSSR count). The van der Waals surface area contributed by atoms with Crippen molar-refractivity contribution in [3.63, 3.8) is 0 Å². The molecule has 0 radical (unpaired) electrons. The Bertz CT molecular complexity index is 966. The third kappa shape index (κ3) is 3.26. The maximum atomic E-state index is 11.4. The number of aliphatic hydroxyl groups is 1. The molecule has 210 valence electrons. The van der Waals surface area contributed by atoms with Gasteiger partial charge in [-0.2, -0.15) is 0 Å². The summed E-state index contributed by atoms with van der Waals surface area (Å²) >= 11 is 13.7. The predicted octanol–water partition coefficient (Wildman–Crippen LogP) is 8.19. The summed E-state index contributed by atoms with van der Waals surface area (Å²) < 4.78 is 4.99. The van der Waals surface area contributed by atoms with Crippen molar-refractivity contribution in [3.8, 4) is 0 Å². The van der Waals surface area contributed by atoms with Gasteiger partial charge in [0.1, 0.15) is 4.33 Å². The lowest BCUT2D eigenvalue weighted by molar-refractivity contribution is -0.251. The first-order chi connectivity index (χ1) is 17.1. The first-order valence-corrected chi connectivity index (χ1v) is 16.0. The Hall–Kier alpha value is 0.01000. The molecule has 0 aromatic rings. The van der Waals surface area contributed by atoms with Gasteiger partial charge in [0.2, 0.25) is 0 Å². The molecule has 3 nitrogen and oxygen atoms in total. The molecule has 0 aromatic heterocycles. The van der Waals surface area contributed by atoms with Crippen LogP contribution in [0.3, 0.4) is 0 Å². The van der Waals surface area contributed by atoms with Crippen LogP contribution in [0.2, 0.25) is 0 Å². The van der Waals surface area contributed by atoms with E-state index in [1.165, 1.54) is 32.1 Å². The molecule has 37 heavy (non-hydrogen) atoms. The molecular formula is C32H50Cl2O3. The van der Waals surface area contributed by atoms with Crippen molar-refractivity contribution < 1.29 is 14.6 Å². The zero-order valence-electron chi connectivity index (χ0n) is 24.0. The van der Waals surface area contributed by atoms with E-state index in [-0.39, 0.29) is 38.6 Å². The molecule has 0 amide bonds. The van der Waals surface area contributed by atoms with Crippen molar-refractivity contribution in [3.05, 3.63) is 0 Å². The zero-order valence-corrected chi connectivity index (χ0v) is 25.6. The summed E-state index contributed by atoms with van der Waals surface area (Å²) in [5.41, 5.74) is 0.862. The van der Waals surface area contributed by atoms with Crippen molar-refractivity contribution >= 4 is 29.7 Å². The smallest absolute Gasteiger partial charge is 0.293 e. The monoisotopic (exact) mass is 552 g/mol. The van der Waals surface area contributed by atoms with Crippen molar-refractivity contribution in [1.82, 2.24) is 0 Å². The Balaban J connectivity index is 1.39. The van der Waals surface area contributed by atoms with Crippen molar-refractivity contribution in [1.29, 1.82) is 0 Å². The maximum Gasteiger partial charge on any atom is 0.293 e. The van der Waals surface area contributed by atoms with Gasteiger partial charge in [0.15, 0.2) is 0 Å². The van der Waals surface area contributed by atoms with Gasteiger partial charge in [-0.3, -0.25) is 4.79 Å². The zero-order chi connectivity index (χ0) is 26.9. The first kappa shape index (κ1) is 27.2. The Morgan fingerprint density at radius 3 is 2.11 bits per heavy atom. The van der Waals surface area contributed by atoms with E-state index in [9.17, 15) is 9.90 Å². The summed E-state index contributed by atoms with van der Waals surface area (Å²) in [4.78, 5) is 11.4. The van der Waals surface area contributed by atoms with E-state index >= 15 is 0 Å². The maximum absolute atomic E-state index is 11.4. The Morgan fingerprint density at radius 1 is 0.784 bits per heavy atom. The average molecular weight is 554 g/mol. The van der Waals surface area contributed by atoms with Crippen LogP contribution in [-0.2, 0) is 9.53 Å². The van der Waals surface area contributed by atoms with Crippen LogP contribution in [0.5, 0.6) is 0 Å². The molecule has 1 unspecified atom stereocenters. The highest BCUT2D eigenvalue weighted by atomic mass is 35.5. The van der Waals surface area contributed by atoms with E-state index in [1.807, 2.05) is 0 Å². The fraction of sp³-hybridized carbons (Fsp3) is 0.969. The topological polar surface area (TPSA) is 46.5 Å². The lowest BCUT2D eigenvalue weighted by Gasteiger charge is -2.73. The molecule has 0 spiro atoms. The molecule has 1 N–H and O–H groups in total. The van der Waals surface area contributed by atoms with Crippen LogP contribution >= 0.6 is 23.2 Å². The van der Waals surface area contributed by atoms with Gasteiger partial charge in [0, 0.05) is 10.8 Å². The SMILES string of the molecule is CC1(C)[C@@H](O)CC[C@]2(C)[C@H]3CC[C@@H]4[C@H]5[C@H](C6(C)CC6(Cl)Cl)CC[C@]5(COC=O)CC[C@@]4(C)[C@]3(C)CC[C@@H]12. The fourth-order valence-electron chi connectivity index (χ4n) is 12.7. The number of aliphatic hydroxyl groups excluding tert-OH is 1. The number of halogens is 2. The van der Waals surface area contributed by atoms with Crippen LogP contribution < -0.4 is 0 Å². The summed E-state index contributed by atoms with van der Waals surface area (Å²) in [7, 11) is 0. The van der Waals surface area contributed by atoms with Crippen LogP contribution in [0.25, 0.3) is 0 Å². The molecule has 5 heteroatoms. The number of carbonyl (C=O) groups is 1. The average Bonchev–Trinajstić information content (AvgIpc) is 3.14. The number of carbonyl (C=O) groups excluding carboxylic acids is 1. The Labute approximate surface area is 235 Å². The van der Waals surface area contributed by atoms with E-state index < -0.39 is 4.33 Å². The van der Waals surface area contributed by atoms with E-state index in [1.54, 1.807) is 0 Å². The lowest BCUT2D eigenvalue weighted by Crippen LogP contribution is -2.67. The van der Waals surface area contributed by atoms with Crippen LogP contribution in [-0.4, -0.2) is 28.6 Å². The van der Waals surface area contributed by atoms with E-state index in [0.717, 1.165) is 38.5 Å². The van der Waals surface area contributed by atoms with Gasteiger partial charge in [-0.1, -0.05) is 41.5 Å². The second-order valence-corrected chi connectivity index (χ2v) is 17.8. The Morgan fingerprint density at radius 2 is 1.46 bits per heavy atom. The summed E-state index contributed by atoms with van der Waals surface area (Å²) in [5.74, 6) is 2.92. The van der Waals surface area contributed by atoms with Gasteiger partial charge < -0.3 is 9.84 Å². The highest BCUT2D eigenvalue weighted by Crippen LogP contribution is 2.81. The molecular weight excluding hydrogens is 503 g/mol. The molecule has 0 aliphatic heterocycles. The van der Waals surface area contributed by atoms with Gasteiger partial charge in [0.25, 0.3) is 6.47 Å². The standard InChI is InChI=1S/C32H50Cl2O3/c1-26(2)22-10-13-29(5)23(27(22,3)12-11-24(26)36)8-7-20-25-21(30(6)17-32(30,33)34)9-14-31(25,18-37-19-35)16-15-28(20,29)4/h19-25,36H,7-18H2,1-6H3/t20-,21-,22+,23-,24+,25+,27+,28-,29-,30?,31-/m1/s1. The number of ether oxygens (including phenoxy) is 1. The normalized spacial score (nSPS) is 57.3. The minimum Gasteiger partial charge on any atom is -0.467 e. The van der Waals surface area contributed by atoms with Gasteiger partial charge in [-0.15, -0.1) is 23.2 Å². The van der Waals surface area contributed by atoms with Crippen molar-refractivity contribution in [2.24, 2.45) is 62.1 Å². The molecule has 6 saturated carbocycles. The molecule has 0 bridgehead atoms. The van der Waals surface area contributed by atoms with Gasteiger partial charge in [-0.25, -0.2) is 0 Å². The van der Waals surface area contributed by atoms with Gasteiger partial charge >= 0.3 is 0 Å². The highest BCUT2D eigenvalue weighted by Gasteiger charge is 2.75. The van der Waals surface area contributed by atoms with E-state index in [4.69, 9.17) is 27.9 Å². The van der Waals surface area contributed by atoms with Crippen LogP contribution in [0.15, 0.2) is 0 Å². The first-order valence-electron chi connectivity index (χ1n) is 15.2. The molecule has 0 saturated heterocycles. The van der Waals surface area contributed by atoms with Crippen molar-refractivity contribution in [2.75, 3.05) is 6.61 Å². The number of hydrogen-bond acceptors (Lipinski definition) is 3. The van der Waals surface area contributed by atoms with Crippen molar-refractivity contribution in [2.45, 2.75) is 123 Å². The van der Waals surface area contributed by atoms with E-state index in [2.05, 4.69) is 41.5 Å². The van der Waals surface area contributed by atoms with Gasteiger partial charge in [0.05, 0.1) is 12.7 Å². The summed E-state index contributed by atoms with van der Waals surface area (Å²) in [6.45, 7) is 16.1. The van der Waals surface area contributed by atoms with Crippen LogP contribution in [0.4, 0.5) is 0 Å². The summed E-state index contributed by atoms with van der Waals surface area (Å²) in [6, 6.07) is 0. The second kappa shape index (κ2) is 8.06. The number of alkyl halides is 2. The molecule has 6 fully saturated rings. The lowest BCUT2D eigenvalue weighted by atomic mass is 9.32. The summed E-state index contributed by atoms with van der Waals surface area (Å²) in [6.07, 6.45) is 12.5. The predicted molar refractivity (Wildman–Crippen MR) is 149 cm³/mol. The number of fused-ring (bicyclic) bond motifs is 7. The third-order valence-corrected chi connectivity index (χ3v) is 16.3. The highest BCUT2D eigenvalue weighted by molar-refractivity contribution is 6.51. The second-order valence-electron chi connectivity index (χ2n) is 16.3. The summed E-state index contributed by atoms with van der Waals surface area (Å²) in [5, 5.41) is 11.0. The minimum absolute atomic E-state index is 0.0128. The fourth-order valence-corrected chi connectivity index (χ4v) is 13.5.